The fraction of sp³-hybridized carbons (Fsp3) is 0.938. The molecule has 1 aliphatic carbocycles. The smallest absolute Gasteiger partial charge is 0.226 e. The van der Waals surface area contributed by atoms with Crippen LogP contribution in [0.3, 0.4) is 0 Å². The van der Waals surface area contributed by atoms with Crippen LogP contribution in [0.15, 0.2) is 0 Å². The summed E-state index contributed by atoms with van der Waals surface area (Å²) in [6.45, 7) is 12.0. The molecule has 1 amide bonds. The zero-order chi connectivity index (χ0) is 14.4. The van der Waals surface area contributed by atoms with Crippen molar-refractivity contribution in [2.75, 3.05) is 6.54 Å². The number of carbonyl (C=O) groups excluding carboxylic acids is 1. The maximum Gasteiger partial charge on any atom is 0.226 e. The van der Waals surface area contributed by atoms with Gasteiger partial charge in [-0.1, -0.05) is 27.7 Å². The van der Waals surface area contributed by atoms with Gasteiger partial charge in [-0.2, -0.15) is 0 Å². The normalized spacial score (nSPS) is 42.4. The number of hydrogen-bond acceptors (Lipinski definition) is 2. The Kier molecular flexibility index (Phi) is 3.97. The highest BCUT2D eigenvalue weighted by molar-refractivity contribution is 5.80. The van der Waals surface area contributed by atoms with E-state index in [1.54, 1.807) is 0 Å². The van der Waals surface area contributed by atoms with Crippen LogP contribution in [0.25, 0.3) is 0 Å². The lowest BCUT2D eigenvalue weighted by Gasteiger charge is -2.47. The Morgan fingerprint density at radius 3 is 2.37 bits per heavy atom. The first-order valence-electron chi connectivity index (χ1n) is 7.81. The highest BCUT2D eigenvalue weighted by Crippen LogP contribution is 2.45. The Morgan fingerprint density at radius 2 is 1.84 bits per heavy atom. The summed E-state index contributed by atoms with van der Waals surface area (Å²) < 4.78 is 0. The Labute approximate surface area is 117 Å². The zero-order valence-corrected chi connectivity index (χ0v) is 13.1. The van der Waals surface area contributed by atoms with Gasteiger partial charge in [0.15, 0.2) is 0 Å². The monoisotopic (exact) mass is 266 g/mol. The molecular weight excluding hydrogens is 236 g/mol. The average Bonchev–Trinajstić information content (AvgIpc) is 2.65. The van der Waals surface area contributed by atoms with Crippen LogP contribution in [0.1, 0.15) is 53.9 Å². The number of likely N-dealkylation sites (tertiary alicyclic amines) is 1. The maximum atomic E-state index is 12.9. The molecule has 0 aromatic carbocycles. The lowest BCUT2D eigenvalue weighted by atomic mass is 9.60. The minimum Gasteiger partial charge on any atom is -0.339 e. The minimum atomic E-state index is 0.0142. The molecule has 0 aromatic rings. The first-order valence-corrected chi connectivity index (χ1v) is 7.81. The minimum absolute atomic E-state index is 0.0142. The summed E-state index contributed by atoms with van der Waals surface area (Å²) >= 11 is 0. The van der Waals surface area contributed by atoms with Crippen molar-refractivity contribution in [3.05, 3.63) is 0 Å². The summed E-state index contributed by atoms with van der Waals surface area (Å²) in [5.74, 6) is 1.58. The fourth-order valence-electron chi connectivity index (χ4n) is 4.10. The highest BCUT2D eigenvalue weighted by atomic mass is 16.2. The molecule has 1 aliphatic heterocycles. The summed E-state index contributed by atoms with van der Waals surface area (Å²) in [7, 11) is 0. The predicted molar refractivity (Wildman–Crippen MR) is 78.6 cm³/mol. The molecule has 5 unspecified atom stereocenters. The molecule has 5 atom stereocenters. The molecule has 110 valence electrons. The second-order valence-corrected chi connectivity index (χ2v) is 7.58. The van der Waals surface area contributed by atoms with Crippen LogP contribution in [0, 0.1) is 23.2 Å². The van der Waals surface area contributed by atoms with Gasteiger partial charge in [0.1, 0.15) is 0 Å². The van der Waals surface area contributed by atoms with E-state index in [4.69, 9.17) is 5.73 Å². The summed E-state index contributed by atoms with van der Waals surface area (Å²) in [5, 5.41) is 0. The molecule has 0 radical (unpaired) electrons. The van der Waals surface area contributed by atoms with Crippen molar-refractivity contribution in [2.24, 2.45) is 28.9 Å². The maximum absolute atomic E-state index is 12.9. The van der Waals surface area contributed by atoms with E-state index in [1.165, 1.54) is 0 Å². The molecule has 3 heteroatoms. The Bertz CT molecular complexity index is 353. The van der Waals surface area contributed by atoms with Crippen molar-refractivity contribution in [2.45, 2.75) is 66.0 Å². The van der Waals surface area contributed by atoms with Crippen LogP contribution in [0.5, 0.6) is 0 Å². The molecule has 0 bridgehead atoms. The van der Waals surface area contributed by atoms with Crippen LogP contribution < -0.4 is 5.73 Å². The molecule has 0 spiro atoms. The summed E-state index contributed by atoms with van der Waals surface area (Å²) in [4.78, 5) is 15.0. The quantitative estimate of drug-likeness (QED) is 0.793. The van der Waals surface area contributed by atoms with E-state index >= 15 is 0 Å². The van der Waals surface area contributed by atoms with Crippen LogP contribution in [-0.4, -0.2) is 29.4 Å². The molecule has 2 rings (SSSR count). The van der Waals surface area contributed by atoms with Crippen molar-refractivity contribution in [3.8, 4) is 0 Å². The van der Waals surface area contributed by atoms with E-state index in [1.807, 2.05) is 0 Å². The largest absolute Gasteiger partial charge is 0.339 e. The van der Waals surface area contributed by atoms with Crippen molar-refractivity contribution in [3.63, 3.8) is 0 Å². The van der Waals surface area contributed by atoms with Crippen molar-refractivity contribution in [1.29, 1.82) is 0 Å². The van der Waals surface area contributed by atoms with E-state index < -0.39 is 0 Å². The molecule has 1 saturated carbocycles. The Hall–Kier alpha value is -0.570. The number of rotatable bonds is 1. The van der Waals surface area contributed by atoms with Crippen LogP contribution in [-0.2, 0) is 4.79 Å². The van der Waals surface area contributed by atoms with Gasteiger partial charge in [0.05, 0.1) is 0 Å². The molecule has 1 saturated heterocycles. The van der Waals surface area contributed by atoms with Crippen molar-refractivity contribution in [1.82, 2.24) is 4.90 Å². The number of carbonyl (C=O) groups is 1. The third-order valence-electron chi connectivity index (χ3n) is 5.87. The molecule has 2 N–H and O–H groups in total. The van der Waals surface area contributed by atoms with Gasteiger partial charge < -0.3 is 10.6 Å². The van der Waals surface area contributed by atoms with Crippen LogP contribution in [0.4, 0.5) is 0 Å². The van der Waals surface area contributed by atoms with Gasteiger partial charge in [-0.3, -0.25) is 4.79 Å². The summed E-state index contributed by atoms with van der Waals surface area (Å²) in [5.41, 5.74) is 6.21. The molecule has 1 heterocycles. The topological polar surface area (TPSA) is 46.3 Å². The summed E-state index contributed by atoms with van der Waals surface area (Å²) in [6, 6.07) is 0.651. The Morgan fingerprint density at radius 1 is 1.21 bits per heavy atom. The van der Waals surface area contributed by atoms with Gasteiger partial charge in [0.25, 0.3) is 0 Å². The first kappa shape index (κ1) is 14.8. The molecule has 0 aromatic heterocycles. The summed E-state index contributed by atoms with van der Waals surface area (Å²) in [6.07, 6.45) is 3.08. The van der Waals surface area contributed by atoms with Crippen molar-refractivity contribution >= 4 is 5.91 Å². The van der Waals surface area contributed by atoms with E-state index in [0.717, 1.165) is 25.8 Å². The van der Waals surface area contributed by atoms with Gasteiger partial charge in [-0.25, -0.2) is 0 Å². The molecule has 2 fully saturated rings. The third-order valence-corrected chi connectivity index (χ3v) is 5.87. The van der Waals surface area contributed by atoms with Crippen LogP contribution >= 0.6 is 0 Å². The molecule has 3 nitrogen and oxygen atoms in total. The second kappa shape index (κ2) is 5.08. The molecular formula is C16H30N2O. The van der Waals surface area contributed by atoms with E-state index in [9.17, 15) is 4.79 Å². The van der Waals surface area contributed by atoms with Gasteiger partial charge in [-0.15, -0.1) is 0 Å². The SMILES string of the molecule is CC1CC(C)N(C(=O)C2CCC(N)C(C)C2(C)C)C1. The van der Waals surface area contributed by atoms with Crippen molar-refractivity contribution < 1.29 is 4.79 Å². The first-order chi connectivity index (χ1) is 8.75. The van der Waals surface area contributed by atoms with E-state index in [-0.39, 0.29) is 17.4 Å². The number of hydrogen-bond donors (Lipinski definition) is 1. The van der Waals surface area contributed by atoms with Gasteiger partial charge in [0, 0.05) is 24.5 Å². The fourth-order valence-corrected chi connectivity index (χ4v) is 4.10. The zero-order valence-electron chi connectivity index (χ0n) is 13.1. The third kappa shape index (κ3) is 2.54. The highest BCUT2D eigenvalue weighted by Gasteiger charge is 2.47. The van der Waals surface area contributed by atoms with E-state index in [2.05, 4.69) is 39.5 Å². The number of nitrogens with two attached hydrogens (primary N) is 1. The predicted octanol–water partition coefficient (Wildman–Crippen LogP) is 2.64. The van der Waals surface area contributed by atoms with Crippen LogP contribution in [0.2, 0.25) is 0 Å². The number of amides is 1. The standard InChI is InChI=1S/C16H30N2O/c1-10-8-11(2)18(9-10)15(19)13-6-7-14(17)12(3)16(13,4)5/h10-14H,6-9,17H2,1-5H3. The van der Waals surface area contributed by atoms with Gasteiger partial charge in [-0.05, 0) is 43.4 Å². The molecule has 2 aliphatic rings. The van der Waals surface area contributed by atoms with Gasteiger partial charge >= 0.3 is 0 Å². The van der Waals surface area contributed by atoms with Gasteiger partial charge in [0.2, 0.25) is 5.91 Å². The lowest BCUT2D eigenvalue weighted by Crippen LogP contribution is -2.52. The Balaban J connectivity index is 2.15. The molecule has 19 heavy (non-hydrogen) atoms. The second-order valence-electron chi connectivity index (χ2n) is 7.58. The average molecular weight is 266 g/mol. The lowest BCUT2D eigenvalue weighted by molar-refractivity contribution is -0.144. The number of nitrogens with zero attached hydrogens (tertiary/aromatic N) is 1. The van der Waals surface area contributed by atoms with E-state index in [0.29, 0.717) is 23.8 Å².